The zero-order valence-electron chi connectivity index (χ0n) is 17.8. The zero-order valence-corrected chi connectivity index (χ0v) is 19.3. The van der Waals surface area contributed by atoms with Gasteiger partial charge in [0.15, 0.2) is 5.60 Å². The van der Waals surface area contributed by atoms with Gasteiger partial charge in [-0.1, -0.05) is 53.5 Å². The predicted molar refractivity (Wildman–Crippen MR) is 124 cm³/mol. The fraction of sp³-hybridized carbons (Fsp3) is 0.167. The summed E-state index contributed by atoms with van der Waals surface area (Å²) < 4.78 is 49.1. The highest BCUT2D eigenvalue weighted by Crippen LogP contribution is 2.51. The highest BCUT2D eigenvalue weighted by Gasteiger charge is 2.44. The SMILES string of the molecule is NCC1(c2ccccc2)Cc2c(ccc(Cl)c2-c2c(C(N)=O)ccc(OC(=O)C(F)(F)F)c2Cl)O1. The molecule has 35 heavy (non-hydrogen) atoms. The van der Waals surface area contributed by atoms with E-state index in [1.54, 1.807) is 6.07 Å². The Bertz CT molecular complexity index is 1330. The lowest BCUT2D eigenvalue weighted by molar-refractivity contribution is -0.189. The molecular formula is C24H17Cl2F3N2O4. The van der Waals surface area contributed by atoms with E-state index in [0.717, 1.165) is 17.7 Å². The largest absolute Gasteiger partial charge is 0.491 e. The van der Waals surface area contributed by atoms with Crippen molar-refractivity contribution in [2.24, 2.45) is 11.5 Å². The third kappa shape index (κ3) is 4.42. The van der Waals surface area contributed by atoms with Gasteiger partial charge in [0.1, 0.15) is 11.5 Å². The molecule has 4 N–H and O–H groups in total. The fourth-order valence-electron chi connectivity index (χ4n) is 4.05. The lowest BCUT2D eigenvalue weighted by Gasteiger charge is -2.27. The van der Waals surface area contributed by atoms with Crippen LogP contribution in [-0.2, 0) is 16.8 Å². The van der Waals surface area contributed by atoms with E-state index < -0.39 is 34.4 Å². The second-order valence-corrected chi connectivity index (χ2v) is 8.58. The van der Waals surface area contributed by atoms with Crippen LogP contribution in [0.5, 0.6) is 11.5 Å². The number of benzene rings is 3. The summed E-state index contributed by atoms with van der Waals surface area (Å²) in [7, 11) is 0. The van der Waals surface area contributed by atoms with Crippen LogP contribution in [0.25, 0.3) is 11.1 Å². The first-order valence-corrected chi connectivity index (χ1v) is 10.9. The van der Waals surface area contributed by atoms with Crippen molar-refractivity contribution < 1.29 is 32.2 Å². The Morgan fingerprint density at radius 1 is 1.03 bits per heavy atom. The Morgan fingerprint density at radius 2 is 1.71 bits per heavy atom. The highest BCUT2D eigenvalue weighted by molar-refractivity contribution is 6.38. The molecule has 0 fully saturated rings. The van der Waals surface area contributed by atoms with Gasteiger partial charge in [0.25, 0.3) is 0 Å². The summed E-state index contributed by atoms with van der Waals surface area (Å²) >= 11 is 12.9. The summed E-state index contributed by atoms with van der Waals surface area (Å²) in [5, 5.41) is -0.323. The van der Waals surface area contributed by atoms with Gasteiger partial charge in [-0.15, -0.1) is 0 Å². The second-order valence-electron chi connectivity index (χ2n) is 7.79. The molecule has 1 atom stereocenters. The molecule has 1 amide bonds. The minimum Gasteiger partial charge on any atom is -0.481 e. The maximum atomic E-state index is 12.8. The third-order valence-electron chi connectivity index (χ3n) is 5.67. The molecule has 0 saturated carbocycles. The summed E-state index contributed by atoms with van der Waals surface area (Å²) in [5.74, 6) is -3.62. The summed E-state index contributed by atoms with van der Waals surface area (Å²) in [5.41, 5.74) is 12.0. The van der Waals surface area contributed by atoms with Gasteiger partial charge in [0, 0.05) is 40.2 Å². The normalized spacial score (nSPS) is 17.0. The molecule has 0 bridgehead atoms. The van der Waals surface area contributed by atoms with Crippen LogP contribution in [-0.4, -0.2) is 24.6 Å². The summed E-state index contributed by atoms with van der Waals surface area (Å²) in [6, 6.07) is 14.4. The van der Waals surface area contributed by atoms with E-state index in [1.165, 1.54) is 6.07 Å². The van der Waals surface area contributed by atoms with Crippen LogP contribution in [0.1, 0.15) is 21.5 Å². The summed E-state index contributed by atoms with van der Waals surface area (Å²) in [4.78, 5) is 23.7. The minimum absolute atomic E-state index is 0.0852. The maximum absolute atomic E-state index is 12.8. The van der Waals surface area contributed by atoms with E-state index in [1.807, 2.05) is 30.3 Å². The molecule has 1 heterocycles. The topological polar surface area (TPSA) is 105 Å². The van der Waals surface area contributed by atoms with Gasteiger partial charge < -0.3 is 20.9 Å². The Morgan fingerprint density at radius 3 is 2.31 bits per heavy atom. The number of amides is 1. The van der Waals surface area contributed by atoms with Crippen LogP contribution in [0.3, 0.4) is 0 Å². The lowest BCUT2D eigenvalue weighted by atomic mass is 9.85. The number of ether oxygens (including phenoxy) is 2. The molecule has 1 aliphatic heterocycles. The number of hydrogen-bond donors (Lipinski definition) is 2. The van der Waals surface area contributed by atoms with Crippen molar-refractivity contribution in [3.8, 4) is 22.6 Å². The second kappa shape index (κ2) is 9.07. The van der Waals surface area contributed by atoms with E-state index in [4.69, 9.17) is 39.4 Å². The number of hydrogen-bond acceptors (Lipinski definition) is 5. The molecule has 6 nitrogen and oxygen atoms in total. The first-order chi connectivity index (χ1) is 16.5. The van der Waals surface area contributed by atoms with Crippen molar-refractivity contribution in [3.05, 3.63) is 81.3 Å². The van der Waals surface area contributed by atoms with Crippen LogP contribution in [0, 0.1) is 0 Å². The number of carbonyl (C=O) groups excluding carboxylic acids is 2. The van der Waals surface area contributed by atoms with E-state index in [-0.39, 0.29) is 34.7 Å². The standard InChI is InChI=1S/C24H17Cl2F3N2O4/c25-15-7-9-16-14(10-23(11-30,35-16)12-4-2-1-3-5-12)18(15)19-13(21(31)32)6-8-17(20(19)26)34-22(33)24(27,28)29/h1-9H,10-11,30H2,(H2,31,32). The number of alkyl halides is 3. The molecule has 182 valence electrons. The monoisotopic (exact) mass is 524 g/mol. The van der Waals surface area contributed by atoms with Crippen LogP contribution in [0.2, 0.25) is 10.0 Å². The van der Waals surface area contributed by atoms with Crippen molar-refractivity contribution in [2.45, 2.75) is 18.2 Å². The average molecular weight is 525 g/mol. The average Bonchev–Trinajstić information content (AvgIpc) is 3.21. The summed E-state index contributed by atoms with van der Waals surface area (Å²) in [6.45, 7) is 0.0857. The van der Waals surface area contributed by atoms with Crippen molar-refractivity contribution >= 4 is 35.1 Å². The van der Waals surface area contributed by atoms with Gasteiger partial charge in [-0.25, -0.2) is 4.79 Å². The Labute approximate surface area is 207 Å². The molecule has 0 aliphatic carbocycles. The van der Waals surface area contributed by atoms with E-state index in [2.05, 4.69) is 4.74 Å². The van der Waals surface area contributed by atoms with Crippen LogP contribution in [0.4, 0.5) is 13.2 Å². The molecular weight excluding hydrogens is 508 g/mol. The molecule has 0 aromatic heterocycles. The highest BCUT2D eigenvalue weighted by atomic mass is 35.5. The lowest BCUT2D eigenvalue weighted by Crippen LogP contribution is -2.39. The quantitative estimate of drug-likeness (QED) is 0.360. The first kappa shape index (κ1) is 24.8. The molecule has 3 aromatic carbocycles. The first-order valence-electron chi connectivity index (χ1n) is 10.2. The van der Waals surface area contributed by atoms with Gasteiger partial charge in [0.05, 0.1) is 5.02 Å². The molecule has 1 unspecified atom stereocenters. The number of esters is 1. The Hall–Kier alpha value is -3.27. The maximum Gasteiger partial charge on any atom is 0.491 e. The van der Waals surface area contributed by atoms with Crippen molar-refractivity contribution in [1.82, 2.24) is 0 Å². The third-order valence-corrected chi connectivity index (χ3v) is 6.36. The van der Waals surface area contributed by atoms with Crippen LogP contribution < -0.4 is 20.9 Å². The Kier molecular flexibility index (Phi) is 6.44. The molecule has 0 spiro atoms. The van der Waals surface area contributed by atoms with Gasteiger partial charge in [-0.05, 0) is 29.8 Å². The minimum atomic E-state index is -5.26. The summed E-state index contributed by atoms with van der Waals surface area (Å²) in [6.07, 6.45) is -5.05. The van der Waals surface area contributed by atoms with Gasteiger partial charge in [0.2, 0.25) is 5.91 Å². The predicted octanol–water partition coefficient (Wildman–Crippen LogP) is 5.02. The smallest absolute Gasteiger partial charge is 0.481 e. The van der Waals surface area contributed by atoms with Gasteiger partial charge in [-0.2, -0.15) is 13.2 Å². The van der Waals surface area contributed by atoms with E-state index in [9.17, 15) is 22.8 Å². The van der Waals surface area contributed by atoms with Crippen LogP contribution in [0.15, 0.2) is 54.6 Å². The number of primary amides is 1. The van der Waals surface area contributed by atoms with E-state index >= 15 is 0 Å². The zero-order chi connectivity index (χ0) is 25.5. The number of rotatable bonds is 5. The molecule has 3 aromatic rings. The van der Waals surface area contributed by atoms with Gasteiger partial charge >= 0.3 is 12.1 Å². The molecule has 0 saturated heterocycles. The van der Waals surface area contributed by atoms with Crippen LogP contribution >= 0.6 is 23.2 Å². The number of halogens is 5. The van der Waals surface area contributed by atoms with Gasteiger partial charge in [-0.3, -0.25) is 4.79 Å². The number of carbonyl (C=O) groups is 2. The number of nitrogens with two attached hydrogens (primary N) is 2. The van der Waals surface area contributed by atoms with Crippen molar-refractivity contribution in [3.63, 3.8) is 0 Å². The number of fused-ring (bicyclic) bond motifs is 1. The fourth-order valence-corrected chi connectivity index (χ4v) is 4.62. The molecule has 4 rings (SSSR count). The van der Waals surface area contributed by atoms with Crippen molar-refractivity contribution in [1.29, 1.82) is 0 Å². The molecule has 0 radical (unpaired) electrons. The van der Waals surface area contributed by atoms with Crippen molar-refractivity contribution in [2.75, 3.05) is 6.54 Å². The van der Waals surface area contributed by atoms with E-state index in [0.29, 0.717) is 11.3 Å². The molecule has 1 aliphatic rings. The Balaban J connectivity index is 1.91. The molecule has 11 heteroatoms.